The molecule has 0 amide bonds. The largest absolute Gasteiger partial charge is 0.387 e. The summed E-state index contributed by atoms with van der Waals surface area (Å²) in [6.07, 6.45) is 4.96. The molecule has 0 atom stereocenters. The van der Waals surface area contributed by atoms with Gasteiger partial charge in [-0.25, -0.2) is 15.0 Å². The van der Waals surface area contributed by atoms with E-state index in [0.29, 0.717) is 11.5 Å². The monoisotopic (exact) mass is 245 g/mol. The van der Waals surface area contributed by atoms with Gasteiger partial charge in [-0.1, -0.05) is 0 Å². The first-order valence-corrected chi connectivity index (χ1v) is 5.98. The maximum Gasteiger partial charge on any atom is 0.182 e. The summed E-state index contributed by atoms with van der Waals surface area (Å²) in [7, 11) is 0. The maximum atomic E-state index is 7.48. The molecule has 0 spiro atoms. The van der Waals surface area contributed by atoms with E-state index >= 15 is 0 Å². The minimum absolute atomic E-state index is 0.209. The first kappa shape index (κ1) is 10.9. The van der Waals surface area contributed by atoms with Gasteiger partial charge in [-0.3, -0.25) is 5.41 Å². The van der Waals surface area contributed by atoms with Gasteiger partial charge in [0.2, 0.25) is 0 Å². The van der Waals surface area contributed by atoms with Crippen molar-refractivity contribution in [1.82, 2.24) is 19.9 Å². The van der Waals surface area contributed by atoms with Crippen LogP contribution in [0.5, 0.6) is 0 Å². The van der Waals surface area contributed by atoms with Gasteiger partial charge in [0, 0.05) is 19.0 Å². The zero-order chi connectivity index (χ0) is 12.5. The normalized spacial score (nSPS) is 17.2. The Morgan fingerprint density at radius 3 is 2.83 bits per heavy atom. The average Bonchev–Trinajstić information content (AvgIpc) is 2.87. The van der Waals surface area contributed by atoms with Crippen LogP contribution in [-0.2, 0) is 0 Å². The van der Waals surface area contributed by atoms with Crippen molar-refractivity contribution < 1.29 is 0 Å². The summed E-state index contributed by atoms with van der Waals surface area (Å²) in [5, 5.41) is 7.48. The Hall–Kier alpha value is -2.18. The second-order valence-corrected chi connectivity index (χ2v) is 4.52. The molecule has 18 heavy (non-hydrogen) atoms. The van der Waals surface area contributed by atoms with E-state index in [9.17, 15) is 0 Å². The number of hydrogen-bond donors (Lipinski definition) is 3. The van der Waals surface area contributed by atoms with E-state index in [1.807, 2.05) is 0 Å². The lowest BCUT2D eigenvalue weighted by Gasteiger charge is -2.32. The number of fused-ring (bicyclic) bond motifs is 1. The molecule has 1 fully saturated rings. The summed E-state index contributed by atoms with van der Waals surface area (Å²) in [6, 6.07) is 0. The van der Waals surface area contributed by atoms with E-state index in [1.165, 1.54) is 6.33 Å². The second-order valence-electron chi connectivity index (χ2n) is 4.52. The highest BCUT2D eigenvalue weighted by Gasteiger charge is 2.23. The number of piperidine rings is 1. The fourth-order valence-electron chi connectivity index (χ4n) is 2.39. The second kappa shape index (κ2) is 4.25. The molecule has 0 bridgehead atoms. The summed E-state index contributed by atoms with van der Waals surface area (Å²) in [5.41, 5.74) is 7.11. The number of nitrogens with one attached hydrogen (secondary N) is 2. The Kier molecular flexibility index (Phi) is 2.58. The third kappa shape index (κ3) is 1.77. The highest BCUT2D eigenvalue weighted by Crippen LogP contribution is 2.25. The molecule has 1 aliphatic rings. The van der Waals surface area contributed by atoms with Gasteiger partial charge in [-0.2, -0.15) is 0 Å². The number of nitrogens with two attached hydrogens (primary N) is 1. The predicted molar refractivity (Wildman–Crippen MR) is 68.5 cm³/mol. The first-order chi connectivity index (χ1) is 8.75. The lowest BCUT2D eigenvalue weighted by atomic mass is 9.96. The van der Waals surface area contributed by atoms with Gasteiger partial charge in [0.1, 0.15) is 11.8 Å². The molecule has 4 N–H and O–H groups in total. The quantitative estimate of drug-likeness (QED) is 0.527. The average molecular weight is 245 g/mol. The van der Waals surface area contributed by atoms with Crippen LogP contribution in [0.25, 0.3) is 11.2 Å². The SMILES string of the molecule is N=C(N)C1CCN(c2ncnc3nc[nH]c23)CC1. The van der Waals surface area contributed by atoms with E-state index in [1.54, 1.807) is 6.33 Å². The molecule has 0 unspecified atom stereocenters. The molecule has 3 rings (SSSR count). The van der Waals surface area contributed by atoms with Gasteiger partial charge < -0.3 is 15.6 Å². The van der Waals surface area contributed by atoms with Crippen molar-refractivity contribution in [2.45, 2.75) is 12.8 Å². The first-order valence-electron chi connectivity index (χ1n) is 5.98. The fraction of sp³-hybridized carbons (Fsp3) is 0.455. The van der Waals surface area contributed by atoms with Gasteiger partial charge >= 0.3 is 0 Å². The molecule has 1 saturated heterocycles. The zero-order valence-electron chi connectivity index (χ0n) is 9.93. The highest BCUT2D eigenvalue weighted by atomic mass is 15.2. The molecule has 7 heteroatoms. The van der Waals surface area contributed by atoms with Crippen molar-refractivity contribution in [2.75, 3.05) is 18.0 Å². The van der Waals surface area contributed by atoms with Crippen LogP contribution in [0.3, 0.4) is 0 Å². The van der Waals surface area contributed by atoms with Crippen LogP contribution in [0.15, 0.2) is 12.7 Å². The van der Waals surface area contributed by atoms with Crippen molar-refractivity contribution in [3.05, 3.63) is 12.7 Å². The highest BCUT2D eigenvalue weighted by molar-refractivity contribution is 5.83. The molecule has 2 aromatic heterocycles. The van der Waals surface area contributed by atoms with E-state index < -0.39 is 0 Å². The molecular formula is C11H15N7. The van der Waals surface area contributed by atoms with Crippen LogP contribution in [0.4, 0.5) is 5.82 Å². The number of imidazole rings is 1. The molecule has 0 saturated carbocycles. The number of hydrogen-bond acceptors (Lipinski definition) is 5. The third-order valence-electron chi connectivity index (χ3n) is 3.44. The summed E-state index contributed by atoms with van der Waals surface area (Å²) >= 11 is 0. The summed E-state index contributed by atoms with van der Waals surface area (Å²) in [5.74, 6) is 1.39. The summed E-state index contributed by atoms with van der Waals surface area (Å²) < 4.78 is 0. The number of aromatic nitrogens is 4. The van der Waals surface area contributed by atoms with Crippen LogP contribution in [0.2, 0.25) is 0 Å². The number of rotatable bonds is 2. The molecule has 2 aromatic rings. The Morgan fingerprint density at radius 1 is 1.33 bits per heavy atom. The minimum Gasteiger partial charge on any atom is -0.387 e. The van der Waals surface area contributed by atoms with Crippen molar-refractivity contribution in [3.63, 3.8) is 0 Å². The van der Waals surface area contributed by atoms with E-state index in [-0.39, 0.29) is 5.92 Å². The Bertz CT molecular complexity index is 568. The number of H-pyrrole nitrogens is 1. The lowest BCUT2D eigenvalue weighted by Crippen LogP contribution is -2.38. The number of nitrogens with zero attached hydrogens (tertiary/aromatic N) is 4. The summed E-state index contributed by atoms with van der Waals surface area (Å²) in [6.45, 7) is 1.71. The van der Waals surface area contributed by atoms with Crippen LogP contribution in [-0.4, -0.2) is 38.9 Å². The van der Waals surface area contributed by atoms with Gasteiger partial charge in [0.25, 0.3) is 0 Å². The van der Waals surface area contributed by atoms with Crippen LogP contribution < -0.4 is 10.6 Å². The smallest absolute Gasteiger partial charge is 0.182 e. The molecule has 94 valence electrons. The third-order valence-corrected chi connectivity index (χ3v) is 3.44. The molecule has 0 aromatic carbocycles. The number of aromatic amines is 1. The van der Waals surface area contributed by atoms with E-state index in [4.69, 9.17) is 11.1 Å². The van der Waals surface area contributed by atoms with Gasteiger partial charge in [-0.05, 0) is 12.8 Å². The molecular weight excluding hydrogens is 230 g/mol. The van der Waals surface area contributed by atoms with Gasteiger partial charge in [0.05, 0.1) is 12.2 Å². The topological polar surface area (TPSA) is 108 Å². The van der Waals surface area contributed by atoms with E-state index in [2.05, 4.69) is 24.8 Å². The van der Waals surface area contributed by atoms with Crippen molar-refractivity contribution >= 4 is 22.8 Å². The van der Waals surface area contributed by atoms with Crippen molar-refractivity contribution in [2.24, 2.45) is 11.7 Å². The van der Waals surface area contributed by atoms with E-state index in [0.717, 1.165) is 37.3 Å². The molecule has 7 nitrogen and oxygen atoms in total. The van der Waals surface area contributed by atoms with Crippen molar-refractivity contribution in [1.29, 1.82) is 5.41 Å². The van der Waals surface area contributed by atoms with Crippen LogP contribution >= 0.6 is 0 Å². The Labute approximate surface area is 104 Å². The van der Waals surface area contributed by atoms with Gasteiger partial charge in [0.15, 0.2) is 11.5 Å². The maximum absolute atomic E-state index is 7.48. The van der Waals surface area contributed by atoms with Crippen LogP contribution in [0.1, 0.15) is 12.8 Å². The Balaban J connectivity index is 1.84. The number of amidine groups is 1. The van der Waals surface area contributed by atoms with Gasteiger partial charge in [-0.15, -0.1) is 0 Å². The molecule has 0 radical (unpaired) electrons. The summed E-state index contributed by atoms with van der Waals surface area (Å²) in [4.78, 5) is 17.8. The predicted octanol–water partition coefficient (Wildman–Crippen LogP) is 0.505. The number of anilines is 1. The fourth-order valence-corrected chi connectivity index (χ4v) is 2.39. The lowest BCUT2D eigenvalue weighted by molar-refractivity contribution is 0.496. The standard InChI is InChI=1S/C11H15N7/c12-9(13)7-1-3-18(4-2-7)11-8-10(15-5-14-8)16-6-17-11/h5-7H,1-4H2,(H3,12,13)(H,14,15,16,17). The van der Waals surface area contributed by atoms with Crippen LogP contribution in [0, 0.1) is 11.3 Å². The minimum atomic E-state index is 0.209. The Morgan fingerprint density at radius 2 is 2.11 bits per heavy atom. The zero-order valence-corrected chi connectivity index (χ0v) is 9.93. The molecule has 3 heterocycles. The molecule has 1 aliphatic heterocycles. The molecule has 0 aliphatic carbocycles. The van der Waals surface area contributed by atoms with Crippen molar-refractivity contribution in [3.8, 4) is 0 Å².